The van der Waals surface area contributed by atoms with Crippen molar-refractivity contribution < 1.29 is 14.0 Å². The fourth-order valence-corrected chi connectivity index (χ4v) is 5.59. The fraction of sp³-hybridized carbons (Fsp3) is 0.464. The van der Waals surface area contributed by atoms with Crippen LogP contribution in [-0.2, 0) is 0 Å². The molecule has 1 aliphatic heterocycles. The molecule has 0 saturated carbocycles. The number of piperidine rings is 1. The summed E-state index contributed by atoms with van der Waals surface area (Å²) in [7, 11) is 0. The zero-order valence-electron chi connectivity index (χ0n) is 21.5. The molecular formula is C28H35FN4O2. The van der Waals surface area contributed by atoms with Crippen molar-refractivity contribution in [2.45, 2.75) is 66.5 Å². The van der Waals surface area contributed by atoms with Gasteiger partial charge in [0.15, 0.2) is 5.78 Å². The minimum atomic E-state index is -0.490. The highest BCUT2D eigenvalue weighted by Crippen LogP contribution is 2.39. The Labute approximate surface area is 206 Å². The molecule has 186 valence electrons. The topological polar surface area (TPSA) is 67.2 Å². The monoisotopic (exact) mass is 478 g/mol. The van der Waals surface area contributed by atoms with Gasteiger partial charge in [-0.3, -0.25) is 14.6 Å². The van der Waals surface area contributed by atoms with Gasteiger partial charge >= 0.3 is 0 Å². The Balaban J connectivity index is 1.94. The largest absolute Gasteiger partial charge is 0.336 e. The number of rotatable bonds is 6. The van der Waals surface area contributed by atoms with Gasteiger partial charge in [-0.25, -0.2) is 4.39 Å². The summed E-state index contributed by atoms with van der Waals surface area (Å²) in [6.45, 7) is 13.2. The Morgan fingerprint density at radius 2 is 2.06 bits per heavy atom. The molecule has 0 unspecified atom stereocenters. The summed E-state index contributed by atoms with van der Waals surface area (Å²) in [5.41, 5.74) is 2.44. The molecule has 7 heteroatoms. The summed E-state index contributed by atoms with van der Waals surface area (Å²) in [4.78, 5) is 33.6. The van der Waals surface area contributed by atoms with E-state index in [1.165, 1.54) is 12.1 Å². The molecule has 0 radical (unpaired) electrons. The van der Waals surface area contributed by atoms with Gasteiger partial charge in [-0.05, 0) is 78.3 Å². The number of aromatic nitrogens is 2. The highest BCUT2D eigenvalue weighted by atomic mass is 19.1. The average Bonchev–Trinajstić information content (AvgIpc) is 3.10. The SMILES string of the molecule is CCN(C(=O)c1cc(F)ccc1-n1c(C)c(C(=O)[C@@]2(C)CCN[C@@H](C)C2)c2ccncc21)C(C)C. The van der Waals surface area contributed by atoms with E-state index in [0.717, 1.165) is 36.0 Å². The van der Waals surface area contributed by atoms with Crippen LogP contribution in [0.15, 0.2) is 36.7 Å². The van der Waals surface area contributed by atoms with Crippen LogP contribution in [0.1, 0.15) is 73.9 Å². The maximum Gasteiger partial charge on any atom is 0.256 e. The van der Waals surface area contributed by atoms with E-state index in [1.807, 2.05) is 45.3 Å². The highest BCUT2D eigenvalue weighted by molar-refractivity contribution is 6.12. The lowest BCUT2D eigenvalue weighted by molar-refractivity contribution is 0.0715. The van der Waals surface area contributed by atoms with Gasteiger partial charge in [0.05, 0.1) is 23.0 Å². The van der Waals surface area contributed by atoms with Gasteiger partial charge < -0.3 is 14.8 Å². The second-order valence-electron chi connectivity index (χ2n) is 10.2. The Morgan fingerprint density at radius 3 is 2.71 bits per heavy atom. The summed E-state index contributed by atoms with van der Waals surface area (Å²) in [6.07, 6.45) is 4.91. The number of hydrogen-bond donors (Lipinski definition) is 1. The number of amides is 1. The summed E-state index contributed by atoms with van der Waals surface area (Å²) >= 11 is 0. The first-order valence-corrected chi connectivity index (χ1v) is 12.4. The standard InChI is InChI=1S/C28H35FN4O2/c1-7-32(17(2)3)27(35)22-14-20(29)8-9-23(22)33-19(5)25(21-10-12-30-16-24(21)33)26(34)28(6)11-13-31-18(4)15-28/h8-10,12,14,16-18,31H,7,11,13,15H2,1-6H3/t18-,28-/m0/s1. The van der Waals surface area contributed by atoms with Crippen LogP contribution in [0.4, 0.5) is 4.39 Å². The van der Waals surface area contributed by atoms with E-state index in [4.69, 9.17) is 0 Å². The molecule has 1 aliphatic rings. The van der Waals surface area contributed by atoms with Gasteiger partial charge in [-0.1, -0.05) is 6.92 Å². The van der Waals surface area contributed by atoms with E-state index in [2.05, 4.69) is 17.2 Å². The molecule has 1 amide bonds. The zero-order valence-corrected chi connectivity index (χ0v) is 21.5. The van der Waals surface area contributed by atoms with E-state index in [1.54, 1.807) is 23.4 Å². The van der Waals surface area contributed by atoms with Crippen LogP contribution in [0.25, 0.3) is 16.6 Å². The van der Waals surface area contributed by atoms with Crippen LogP contribution in [0.5, 0.6) is 0 Å². The Kier molecular flexibility index (Phi) is 6.82. The molecule has 4 rings (SSSR count). The van der Waals surface area contributed by atoms with Gasteiger partial charge in [0.2, 0.25) is 0 Å². The van der Waals surface area contributed by atoms with Crippen molar-refractivity contribution in [1.29, 1.82) is 0 Å². The summed E-state index contributed by atoms with van der Waals surface area (Å²) in [6, 6.07) is 6.35. The van der Waals surface area contributed by atoms with Gasteiger partial charge in [-0.2, -0.15) is 0 Å². The summed E-state index contributed by atoms with van der Waals surface area (Å²) < 4.78 is 16.3. The average molecular weight is 479 g/mol. The molecule has 1 aromatic carbocycles. The molecule has 0 aliphatic carbocycles. The molecule has 3 aromatic rings. The van der Waals surface area contributed by atoms with Gasteiger partial charge in [0, 0.05) is 46.9 Å². The van der Waals surface area contributed by atoms with Crippen LogP contribution >= 0.6 is 0 Å². The number of carbonyl (C=O) groups excluding carboxylic acids is 2. The molecule has 1 fully saturated rings. The zero-order chi connectivity index (χ0) is 25.5. The Bertz CT molecular complexity index is 1280. The predicted octanol–water partition coefficient (Wildman–Crippen LogP) is 5.30. The van der Waals surface area contributed by atoms with E-state index in [-0.39, 0.29) is 29.3 Å². The number of nitrogens with one attached hydrogen (secondary N) is 1. The first-order chi connectivity index (χ1) is 16.6. The van der Waals surface area contributed by atoms with Crippen LogP contribution < -0.4 is 5.32 Å². The molecular weight excluding hydrogens is 443 g/mol. The Morgan fingerprint density at radius 1 is 1.31 bits per heavy atom. The minimum Gasteiger partial charge on any atom is -0.336 e. The van der Waals surface area contributed by atoms with Gasteiger partial charge in [0.25, 0.3) is 5.91 Å². The lowest BCUT2D eigenvalue weighted by Gasteiger charge is -2.36. The maximum atomic E-state index is 14.4. The number of nitrogens with zero attached hydrogens (tertiary/aromatic N) is 3. The number of ketones is 1. The highest BCUT2D eigenvalue weighted by Gasteiger charge is 2.40. The van der Waals surface area contributed by atoms with E-state index in [0.29, 0.717) is 17.8 Å². The van der Waals surface area contributed by atoms with Crippen molar-refractivity contribution in [3.05, 3.63) is 59.3 Å². The number of carbonyl (C=O) groups is 2. The van der Waals surface area contributed by atoms with Crippen molar-refractivity contribution in [2.24, 2.45) is 5.41 Å². The molecule has 2 aromatic heterocycles. The molecule has 0 spiro atoms. The molecule has 3 heterocycles. The molecule has 1 N–H and O–H groups in total. The number of benzene rings is 1. The van der Waals surface area contributed by atoms with E-state index in [9.17, 15) is 14.0 Å². The molecule has 6 nitrogen and oxygen atoms in total. The third-order valence-corrected chi connectivity index (χ3v) is 7.36. The van der Waals surface area contributed by atoms with Gasteiger partial charge in [0.1, 0.15) is 5.82 Å². The minimum absolute atomic E-state index is 0.0354. The van der Waals surface area contributed by atoms with Crippen LogP contribution in [0, 0.1) is 18.2 Å². The van der Waals surface area contributed by atoms with Gasteiger partial charge in [-0.15, -0.1) is 0 Å². The smallest absolute Gasteiger partial charge is 0.256 e. The van der Waals surface area contributed by atoms with Crippen molar-refractivity contribution in [1.82, 2.24) is 19.8 Å². The molecule has 0 bridgehead atoms. The van der Waals surface area contributed by atoms with Crippen LogP contribution in [-0.4, -0.2) is 51.3 Å². The van der Waals surface area contributed by atoms with Crippen molar-refractivity contribution in [3.63, 3.8) is 0 Å². The lowest BCUT2D eigenvalue weighted by Crippen LogP contribution is -2.45. The van der Waals surface area contributed by atoms with E-state index < -0.39 is 11.2 Å². The molecule has 35 heavy (non-hydrogen) atoms. The van der Waals surface area contributed by atoms with E-state index >= 15 is 0 Å². The third-order valence-electron chi connectivity index (χ3n) is 7.36. The number of fused-ring (bicyclic) bond motifs is 1. The molecule has 1 saturated heterocycles. The van der Waals surface area contributed by atoms with Crippen molar-refractivity contribution >= 4 is 22.6 Å². The third kappa shape index (κ3) is 4.38. The second kappa shape index (κ2) is 9.53. The fourth-order valence-electron chi connectivity index (χ4n) is 5.59. The predicted molar refractivity (Wildman–Crippen MR) is 137 cm³/mol. The maximum absolute atomic E-state index is 14.4. The Hall–Kier alpha value is -3.06. The summed E-state index contributed by atoms with van der Waals surface area (Å²) in [5, 5.41) is 4.23. The van der Waals surface area contributed by atoms with Crippen LogP contribution in [0.3, 0.4) is 0 Å². The van der Waals surface area contributed by atoms with Crippen molar-refractivity contribution in [3.8, 4) is 5.69 Å². The number of halogens is 1. The first-order valence-electron chi connectivity index (χ1n) is 12.4. The lowest BCUT2D eigenvalue weighted by atomic mass is 9.72. The number of hydrogen-bond acceptors (Lipinski definition) is 4. The second-order valence-corrected chi connectivity index (χ2v) is 10.2. The first kappa shape index (κ1) is 25.0. The molecule has 2 atom stereocenters. The quantitative estimate of drug-likeness (QED) is 0.488. The van der Waals surface area contributed by atoms with Crippen LogP contribution in [0.2, 0.25) is 0 Å². The normalized spacial score (nSPS) is 20.4. The number of pyridine rings is 1. The number of Topliss-reactive ketones (excluding diaryl/α,β-unsaturated/α-hetero) is 1. The summed E-state index contributed by atoms with van der Waals surface area (Å²) in [5.74, 6) is -0.614. The van der Waals surface area contributed by atoms with Crippen molar-refractivity contribution in [2.75, 3.05) is 13.1 Å².